The highest BCUT2D eigenvalue weighted by atomic mass is 32.2. The van der Waals surface area contributed by atoms with Gasteiger partial charge in [0.2, 0.25) is 0 Å². The zero-order valence-corrected chi connectivity index (χ0v) is 16.0. The van der Waals surface area contributed by atoms with Crippen LogP contribution in [0.1, 0.15) is 16.7 Å². The fourth-order valence-corrected chi connectivity index (χ4v) is 3.93. The summed E-state index contributed by atoms with van der Waals surface area (Å²) in [7, 11) is -4.25. The molecule has 0 unspecified atom stereocenters. The Morgan fingerprint density at radius 2 is 1.71 bits per heavy atom. The number of nitrogens with one attached hydrogen (secondary N) is 1. The lowest BCUT2D eigenvalue weighted by Gasteiger charge is -2.12. The van der Waals surface area contributed by atoms with E-state index in [1.54, 1.807) is 6.92 Å². The number of hydrogen-bond donors (Lipinski definition) is 3. The molecule has 1 heterocycles. The van der Waals surface area contributed by atoms with Crippen LogP contribution in [0.4, 0.5) is 0 Å². The van der Waals surface area contributed by atoms with Crippen molar-refractivity contribution in [2.24, 2.45) is 0 Å². The highest BCUT2D eigenvalue weighted by Crippen LogP contribution is 2.22. The fraction of sp³-hybridized carbons (Fsp3) is 0.150. The van der Waals surface area contributed by atoms with Crippen LogP contribution in [-0.4, -0.2) is 22.6 Å². The molecule has 8 heteroatoms. The molecule has 3 rings (SSSR count). The van der Waals surface area contributed by atoms with E-state index < -0.39 is 21.3 Å². The Bertz CT molecular complexity index is 1150. The molecule has 0 bridgehead atoms. The van der Waals surface area contributed by atoms with Gasteiger partial charge in [0.05, 0.1) is 4.90 Å². The largest absolute Gasteiger partial charge is 0.508 e. The van der Waals surface area contributed by atoms with Gasteiger partial charge in [-0.15, -0.1) is 0 Å². The first-order valence-corrected chi connectivity index (χ1v) is 9.98. The lowest BCUT2D eigenvalue weighted by Crippen LogP contribution is -2.28. The SMILES string of the molecule is Cc1ccc(S(=O)(=O)n2ccc(CNCc3ccccc3)c(O)c2=O)cc1O. The summed E-state index contributed by atoms with van der Waals surface area (Å²) in [6.07, 6.45) is 1.10. The minimum atomic E-state index is -4.25. The molecule has 0 atom stereocenters. The van der Waals surface area contributed by atoms with Crippen molar-refractivity contribution in [2.75, 3.05) is 0 Å². The van der Waals surface area contributed by atoms with Crippen molar-refractivity contribution in [2.45, 2.75) is 24.9 Å². The summed E-state index contributed by atoms with van der Waals surface area (Å²) in [4.78, 5) is 12.2. The van der Waals surface area contributed by atoms with Crippen molar-refractivity contribution in [3.8, 4) is 11.5 Å². The van der Waals surface area contributed by atoms with Crippen molar-refractivity contribution >= 4 is 10.0 Å². The summed E-state index contributed by atoms with van der Waals surface area (Å²) in [5.74, 6) is -0.831. The average molecular weight is 400 g/mol. The summed E-state index contributed by atoms with van der Waals surface area (Å²) in [5, 5.41) is 23.1. The first-order valence-electron chi connectivity index (χ1n) is 8.54. The molecule has 146 valence electrons. The molecule has 3 N–H and O–H groups in total. The highest BCUT2D eigenvalue weighted by Gasteiger charge is 2.22. The summed E-state index contributed by atoms with van der Waals surface area (Å²) in [6, 6.07) is 14.8. The number of nitrogens with zero attached hydrogens (tertiary/aromatic N) is 1. The predicted octanol–water partition coefficient (Wildman–Crippen LogP) is 2.09. The average Bonchev–Trinajstić information content (AvgIpc) is 2.68. The number of aryl methyl sites for hydroxylation is 1. The summed E-state index contributed by atoms with van der Waals surface area (Å²) in [5.41, 5.74) is 0.796. The molecule has 3 aromatic rings. The maximum absolute atomic E-state index is 12.7. The van der Waals surface area contributed by atoms with Gasteiger partial charge in [-0.05, 0) is 30.2 Å². The number of aromatic hydroxyl groups is 2. The molecular weight excluding hydrogens is 380 g/mol. The molecule has 0 saturated carbocycles. The number of hydrogen-bond acceptors (Lipinski definition) is 6. The quantitative estimate of drug-likeness (QED) is 0.585. The van der Waals surface area contributed by atoms with Crippen LogP contribution in [0.5, 0.6) is 11.5 Å². The number of phenolic OH excluding ortho intramolecular Hbond substituents is 1. The molecule has 2 aromatic carbocycles. The second-order valence-corrected chi connectivity index (χ2v) is 8.15. The van der Waals surface area contributed by atoms with Gasteiger partial charge in [0.1, 0.15) is 5.75 Å². The number of benzene rings is 2. The third kappa shape index (κ3) is 3.92. The third-order valence-electron chi connectivity index (χ3n) is 4.34. The number of aromatic nitrogens is 1. The van der Waals surface area contributed by atoms with Gasteiger partial charge in [-0.25, -0.2) is 12.4 Å². The van der Waals surface area contributed by atoms with Crippen LogP contribution in [-0.2, 0) is 23.1 Å². The van der Waals surface area contributed by atoms with E-state index in [1.807, 2.05) is 30.3 Å². The van der Waals surface area contributed by atoms with E-state index in [-0.39, 0.29) is 17.2 Å². The van der Waals surface area contributed by atoms with Gasteiger partial charge in [0.15, 0.2) is 5.75 Å². The molecule has 0 aliphatic rings. The topological polar surface area (TPSA) is 109 Å². The van der Waals surface area contributed by atoms with E-state index in [1.165, 1.54) is 18.2 Å². The number of pyridine rings is 1. The summed E-state index contributed by atoms with van der Waals surface area (Å²) in [6.45, 7) is 2.35. The lowest BCUT2D eigenvalue weighted by atomic mass is 10.2. The molecule has 0 radical (unpaired) electrons. The molecule has 0 fully saturated rings. The van der Waals surface area contributed by atoms with Crippen molar-refractivity contribution in [3.63, 3.8) is 0 Å². The standard InChI is InChI=1S/C20H20N2O5S/c1-14-7-8-17(11-18(14)23)28(26,27)22-10-9-16(19(24)20(22)25)13-21-12-15-5-3-2-4-6-15/h2-11,21,23-24H,12-13H2,1H3. The van der Waals surface area contributed by atoms with E-state index in [9.17, 15) is 23.4 Å². The minimum Gasteiger partial charge on any atom is -0.508 e. The molecule has 7 nitrogen and oxygen atoms in total. The van der Waals surface area contributed by atoms with Gasteiger partial charge in [0, 0.05) is 30.9 Å². The van der Waals surface area contributed by atoms with Gasteiger partial charge >= 0.3 is 5.56 Å². The molecule has 0 amide bonds. The Morgan fingerprint density at radius 1 is 1.00 bits per heavy atom. The van der Waals surface area contributed by atoms with Gasteiger partial charge < -0.3 is 15.5 Å². The van der Waals surface area contributed by atoms with Crippen molar-refractivity contribution in [3.05, 3.63) is 87.8 Å². The van der Waals surface area contributed by atoms with Crippen molar-refractivity contribution in [1.82, 2.24) is 9.29 Å². The van der Waals surface area contributed by atoms with Gasteiger partial charge in [-0.1, -0.05) is 36.4 Å². The molecule has 0 aliphatic heterocycles. The first kappa shape index (κ1) is 19.7. The minimum absolute atomic E-state index is 0.194. The van der Waals surface area contributed by atoms with E-state index in [0.29, 0.717) is 21.6 Å². The highest BCUT2D eigenvalue weighted by molar-refractivity contribution is 7.90. The van der Waals surface area contributed by atoms with Crippen molar-refractivity contribution < 1.29 is 18.6 Å². The van der Waals surface area contributed by atoms with Crippen LogP contribution >= 0.6 is 0 Å². The zero-order valence-electron chi connectivity index (χ0n) is 15.2. The molecule has 28 heavy (non-hydrogen) atoms. The Kier molecular flexibility index (Phi) is 5.53. The number of phenols is 1. The Morgan fingerprint density at radius 3 is 2.39 bits per heavy atom. The van der Waals surface area contributed by atoms with Crippen LogP contribution < -0.4 is 10.9 Å². The Balaban J connectivity index is 1.85. The second kappa shape index (κ2) is 7.87. The van der Waals surface area contributed by atoms with Crippen LogP contribution in [0.2, 0.25) is 0 Å². The van der Waals surface area contributed by atoms with Crippen LogP contribution in [0.15, 0.2) is 70.5 Å². The van der Waals surface area contributed by atoms with Gasteiger partial charge in [0.25, 0.3) is 10.0 Å². The Labute approximate surface area is 162 Å². The van der Waals surface area contributed by atoms with Gasteiger partial charge in [-0.3, -0.25) is 4.79 Å². The molecular formula is C20H20N2O5S. The molecule has 0 saturated heterocycles. The first-order chi connectivity index (χ1) is 13.3. The lowest BCUT2D eigenvalue weighted by molar-refractivity contribution is 0.452. The second-order valence-electron chi connectivity index (χ2n) is 6.33. The fourth-order valence-electron chi connectivity index (χ4n) is 2.68. The van der Waals surface area contributed by atoms with Crippen LogP contribution in [0.25, 0.3) is 0 Å². The van der Waals surface area contributed by atoms with Gasteiger partial charge in [-0.2, -0.15) is 0 Å². The Hall–Kier alpha value is -3.10. The van der Waals surface area contributed by atoms with Crippen molar-refractivity contribution in [1.29, 1.82) is 0 Å². The van der Waals surface area contributed by atoms with E-state index in [0.717, 1.165) is 17.8 Å². The maximum atomic E-state index is 12.7. The monoisotopic (exact) mass is 400 g/mol. The van der Waals surface area contributed by atoms with Crippen LogP contribution in [0.3, 0.4) is 0 Å². The van der Waals surface area contributed by atoms with E-state index in [2.05, 4.69) is 5.32 Å². The third-order valence-corrected chi connectivity index (χ3v) is 6.00. The smallest absolute Gasteiger partial charge is 0.306 e. The normalized spacial score (nSPS) is 11.5. The van der Waals surface area contributed by atoms with E-state index in [4.69, 9.17) is 0 Å². The predicted molar refractivity (Wildman–Crippen MR) is 105 cm³/mol. The maximum Gasteiger partial charge on any atom is 0.306 e. The van der Waals surface area contributed by atoms with E-state index >= 15 is 0 Å². The summed E-state index contributed by atoms with van der Waals surface area (Å²) >= 11 is 0. The zero-order chi connectivity index (χ0) is 20.3. The summed E-state index contributed by atoms with van der Waals surface area (Å²) < 4.78 is 25.9. The number of rotatable bonds is 6. The van der Waals surface area contributed by atoms with Crippen LogP contribution in [0, 0.1) is 6.92 Å². The molecule has 0 spiro atoms. The molecule has 1 aromatic heterocycles. The molecule has 0 aliphatic carbocycles.